The number of hydrogen-bond donors (Lipinski definition) is 0. The van der Waals surface area contributed by atoms with Crippen LogP contribution in [0.1, 0.15) is 39.0 Å². The lowest BCUT2D eigenvalue weighted by atomic mass is 9.77. The molecule has 22 heavy (non-hydrogen) atoms. The summed E-state index contributed by atoms with van der Waals surface area (Å²) in [5, 5.41) is 10.1. The van der Waals surface area contributed by atoms with Crippen molar-refractivity contribution < 1.29 is 9.31 Å². The monoisotopic (exact) mass is 294 g/mol. The lowest BCUT2D eigenvalue weighted by Gasteiger charge is -2.32. The summed E-state index contributed by atoms with van der Waals surface area (Å²) >= 11 is 0. The number of aromatic nitrogens is 1. The maximum atomic E-state index is 9.02. The zero-order valence-corrected chi connectivity index (χ0v) is 13.6. The van der Waals surface area contributed by atoms with E-state index in [1.54, 1.807) is 6.07 Å². The van der Waals surface area contributed by atoms with Crippen molar-refractivity contribution in [2.45, 2.75) is 45.8 Å². The molecule has 2 aromatic rings. The van der Waals surface area contributed by atoms with Crippen molar-refractivity contribution in [2.24, 2.45) is 0 Å². The second kappa shape index (κ2) is 4.80. The van der Waals surface area contributed by atoms with Gasteiger partial charge in [0.2, 0.25) is 0 Å². The standard InChI is InChI=1S/C17H19BN2O2/c1-11-8-12(18-21-16(2,3)17(4,5)22-18)9-15-14(11)7-6-13(10-19)20-15/h6-9H,1-5H3. The molecule has 0 N–H and O–H groups in total. The molecule has 1 fully saturated rings. The molecule has 5 heteroatoms. The number of benzene rings is 1. The van der Waals surface area contributed by atoms with Crippen molar-refractivity contribution in [1.82, 2.24) is 4.98 Å². The van der Waals surface area contributed by atoms with Crippen molar-refractivity contribution in [3.8, 4) is 6.07 Å². The zero-order chi connectivity index (χ0) is 16.1. The van der Waals surface area contributed by atoms with Crippen LogP contribution in [0.15, 0.2) is 24.3 Å². The first-order valence-electron chi connectivity index (χ1n) is 7.40. The smallest absolute Gasteiger partial charge is 0.399 e. The minimum absolute atomic E-state index is 0.373. The minimum atomic E-state index is -0.416. The first-order valence-corrected chi connectivity index (χ1v) is 7.40. The van der Waals surface area contributed by atoms with Crippen LogP contribution in [0.25, 0.3) is 10.9 Å². The van der Waals surface area contributed by atoms with Gasteiger partial charge in [-0.05, 0) is 63.8 Å². The van der Waals surface area contributed by atoms with E-state index in [1.807, 2.05) is 46.8 Å². The molecule has 0 unspecified atom stereocenters. The van der Waals surface area contributed by atoms with Crippen LogP contribution in [-0.4, -0.2) is 23.3 Å². The number of nitrogens with zero attached hydrogens (tertiary/aromatic N) is 2. The van der Waals surface area contributed by atoms with Gasteiger partial charge in [0.05, 0.1) is 16.7 Å². The fraction of sp³-hybridized carbons (Fsp3) is 0.412. The molecule has 112 valence electrons. The predicted octanol–water partition coefficient (Wildman–Crippen LogP) is 2.71. The van der Waals surface area contributed by atoms with Crippen molar-refractivity contribution in [2.75, 3.05) is 0 Å². The molecule has 4 nitrogen and oxygen atoms in total. The molecule has 2 heterocycles. The third-order valence-corrected chi connectivity index (χ3v) is 4.68. The second-order valence-corrected chi connectivity index (χ2v) is 6.80. The van der Waals surface area contributed by atoms with Crippen molar-refractivity contribution in [3.05, 3.63) is 35.5 Å². The summed E-state index contributed by atoms with van der Waals surface area (Å²) < 4.78 is 12.2. The van der Waals surface area contributed by atoms with E-state index in [4.69, 9.17) is 14.6 Å². The van der Waals surface area contributed by atoms with E-state index in [0.29, 0.717) is 5.69 Å². The van der Waals surface area contributed by atoms with Gasteiger partial charge in [-0.25, -0.2) is 4.98 Å². The lowest BCUT2D eigenvalue weighted by Crippen LogP contribution is -2.41. The minimum Gasteiger partial charge on any atom is -0.399 e. The molecule has 0 atom stereocenters. The van der Waals surface area contributed by atoms with E-state index in [0.717, 1.165) is 21.9 Å². The van der Waals surface area contributed by atoms with Crippen molar-refractivity contribution in [1.29, 1.82) is 5.26 Å². The van der Waals surface area contributed by atoms with Crippen LogP contribution >= 0.6 is 0 Å². The normalized spacial score (nSPS) is 19.4. The Hall–Kier alpha value is -1.90. The van der Waals surface area contributed by atoms with Gasteiger partial charge in [0.15, 0.2) is 0 Å². The summed E-state index contributed by atoms with van der Waals surface area (Å²) in [5.41, 5.74) is 2.50. The Labute approximate surface area is 131 Å². The van der Waals surface area contributed by atoms with Gasteiger partial charge in [0.25, 0.3) is 0 Å². The average Bonchev–Trinajstić information content (AvgIpc) is 2.66. The topological polar surface area (TPSA) is 55.1 Å². The lowest BCUT2D eigenvalue weighted by molar-refractivity contribution is 0.00578. The number of rotatable bonds is 1. The summed E-state index contributed by atoms with van der Waals surface area (Å²) in [6.45, 7) is 10.2. The van der Waals surface area contributed by atoms with Gasteiger partial charge in [0.1, 0.15) is 11.8 Å². The van der Waals surface area contributed by atoms with Gasteiger partial charge in [-0.1, -0.05) is 6.07 Å². The van der Waals surface area contributed by atoms with Crippen LogP contribution in [0.4, 0.5) is 0 Å². The van der Waals surface area contributed by atoms with Gasteiger partial charge in [-0.15, -0.1) is 0 Å². The van der Waals surface area contributed by atoms with Gasteiger partial charge in [-0.3, -0.25) is 0 Å². The number of nitriles is 1. The highest BCUT2D eigenvalue weighted by atomic mass is 16.7. The maximum absolute atomic E-state index is 9.02. The molecule has 1 aromatic heterocycles. The maximum Gasteiger partial charge on any atom is 0.494 e. The third-order valence-electron chi connectivity index (χ3n) is 4.68. The molecule has 0 radical (unpaired) electrons. The Bertz CT molecular complexity index is 777. The number of aryl methyl sites for hydroxylation is 1. The van der Waals surface area contributed by atoms with Crippen LogP contribution < -0.4 is 5.46 Å². The van der Waals surface area contributed by atoms with E-state index >= 15 is 0 Å². The Morgan fingerprint density at radius 2 is 1.73 bits per heavy atom. The fourth-order valence-electron chi connectivity index (χ4n) is 2.62. The molecule has 1 aliphatic heterocycles. The number of pyridine rings is 1. The van der Waals surface area contributed by atoms with Crippen LogP contribution in [-0.2, 0) is 9.31 Å². The highest BCUT2D eigenvalue weighted by molar-refractivity contribution is 6.62. The molecule has 0 aliphatic carbocycles. The van der Waals surface area contributed by atoms with E-state index < -0.39 is 7.12 Å². The van der Waals surface area contributed by atoms with Crippen LogP contribution in [0.2, 0.25) is 0 Å². The summed E-state index contributed by atoms with van der Waals surface area (Å²) in [6, 6.07) is 9.77. The Balaban J connectivity index is 2.08. The Kier molecular flexibility index (Phi) is 3.28. The van der Waals surface area contributed by atoms with Crippen LogP contribution in [0.5, 0.6) is 0 Å². The molecule has 1 saturated heterocycles. The van der Waals surface area contributed by atoms with E-state index in [2.05, 4.69) is 17.1 Å². The van der Waals surface area contributed by atoms with Gasteiger partial charge >= 0.3 is 7.12 Å². The predicted molar refractivity (Wildman–Crippen MR) is 86.9 cm³/mol. The Morgan fingerprint density at radius 1 is 1.09 bits per heavy atom. The van der Waals surface area contributed by atoms with Crippen LogP contribution in [0.3, 0.4) is 0 Å². The summed E-state index contributed by atoms with van der Waals surface area (Å²) in [5.74, 6) is 0. The second-order valence-electron chi connectivity index (χ2n) is 6.80. The summed E-state index contributed by atoms with van der Waals surface area (Å²) in [6.07, 6.45) is 0. The zero-order valence-electron chi connectivity index (χ0n) is 13.6. The fourth-order valence-corrected chi connectivity index (χ4v) is 2.62. The van der Waals surface area contributed by atoms with Gasteiger partial charge in [0, 0.05) is 5.39 Å². The first-order chi connectivity index (χ1) is 10.2. The summed E-state index contributed by atoms with van der Waals surface area (Å²) in [4.78, 5) is 4.39. The van der Waals surface area contributed by atoms with Crippen LogP contribution in [0, 0.1) is 18.3 Å². The largest absolute Gasteiger partial charge is 0.494 e. The van der Waals surface area contributed by atoms with Gasteiger partial charge in [-0.2, -0.15) is 5.26 Å². The molecule has 3 rings (SSSR count). The average molecular weight is 294 g/mol. The quantitative estimate of drug-likeness (QED) is 0.759. The highest BCUT2D eigenvalue weighted by Crippen LogP contribution is 2.36. The third kappa shape index (κ3) is 2.29. The van der Waals surface area contributed by atoms with Crippen molar-refractivity contribution in [3.63, 3.8) is 0 Å². The van der Waals surface area contributed by atoms with E-state index in [1.165, 1.54) is 0 Å². The highest BCUT2D eigenvalue weighted by Gasteiger charge is 2.51. The van der Waals surface area contributed by atoms with Crippen molar-refractivity contribution >= 4 is 23.5 Å². The number of fused-ring (bicyclic) bond motifs is 1. The molecular formula is C17H19BN2O2. The molecule has 0 bridgehead atoms. The number of hydrogen-bond acceptors (Lipinski definition) is 4. The Morgan fingerprint density at radius 3 is 2.32 bits per heavy atom. The molecule has 1 aromatic carbocycles. The molecule has 0 saturated carbocycles. The van der Waals surface area contributed by atoms with Gasteiger partial charge < -0.3 is 9.31 Å². The first kappa shape index (κ1) is 15.0. The molecule has 0 spiro atoms. The van der Waals surface area contributed by atoms with E-state index in [-0.39, 0.29) is 11.2 Å². The SMILES string of the molecule is Cc1cc(B2OC(C)(C)C(C)(C)O2)cc2nc(C#N)ccc12. The molecule has 0 amide bonds. The van der Waals surface area contributed by atoms with E-state index in [9.17, 15) is 0 Å². The molecule has 1 aliphatic rings. The summed E-state index contributed by atoms with van der Waals surface area (Å²) in [7, 11) is -0.416. The molecular weight excluding hydrogens is 275 g/mol.